The van der Waals surface area contributed by atoms with Crippen molar-refractivity contribution in [3.8, 4) is 0 Å². The summed E-state index contributed by atoms with van der Waals surface area (Å²) >= 11 is 10.3. The highest BCUT2D eigenvalue weighted by Gasteiger charge is 2.14. The number of halogens is 4. The SMILES string of the molecule is CC(Nc1c(Br)cccc1Br)c1cc(Br)ccc1F. The van der Waals surface area contributed by atoms with Gasteiger partial charge >= 0.3 is 0 Å². The molecule has 0 saturated heterocycles. The van der Waals surface area contributed by atoms with Gasteiger partial charge in [0.05, 0.1) is 11.7 Å². The van der Waals surface area contributed by atoms with Crippen LogP contribution in [0.3, 0.4) is 0 Å². The molecule has 0 spiro atoms. The molecule has 0 heterocycles. The molecule has 1 atom stereocenters. The topological polar surface area (TPSA) is 12.0 Å². The third-order valence-electron chi connectivity index (χ3n) is 2.75. The minimum atomic E-state index is -0.216. The number of nitrogens with one attached hydrogen (secondary N) is 1. The minimum Gasteiger partial charge on any atom is -0.377 e. The summed E-state index contributed by atoms with van der Waals surface area (Å²) in [5.74, 6) is -0.216. The van der Waals surface area contributed by atoms with Gasteiger partial charge in [0.25, 0.3) is 0 Å². The van der Waals surface area contributed by atoms with E-state index >= 15 is 0 Å². The van der Waals surface area contributed by atoms with Gasteiger partial charge in [-0.15, -0.1) is 0 Å². The standard InChI is InChI=1S/C14H11Br3FN/c1-8(10-7-9(15)5-6-13(10)18)19-14-11(16)3-2-4-12(14)17/h2-8,19H,1H3. The van der Waals surface area contributed by atoms with Gasteiger partial charge in [0, 0.05) is 19.0 Å². The largest absolute Gasteiger partial charge is 0.377 e. The van der Waals surface area contributed by atoms with E-state index in [1.165, 1.54) is 6.07 Å². The minimum absolute atomic E-state index is 0.146. The highest BCUT2D eigenvalue weighted by Crippen LogP contribution is 2.34. The van der Waals surface area contributed by atoms with Gasteiger partial charge in [-0.3, -0.25) is 0 Å². The lowest BCUT2D eigenvalue weighted by Crippen LogP contribution is -2.09. The molecular weight excluding hydrogens is 441 g/mol. The molecule has 0 aliphatic rings. The molecule has 0 aliphatic carbocycles. The zero-order chi connectivity index (χ0) is 14.0. The number of para-hydroxylation sites is 1. The molecule has 0 bridgehead atoms. The predicted octanol–water partition coefficient (Wildman–Crippen LogP) is 6.29. The average molecular weight is 452 g/mol. The molecule has 19 heavy (non-hydrogen) atoms. The van der Waals surface area contributed by atoms with Crippen LogP contribution in [-0.4, -0.2) is 0 Å². The van der Waals surface area contributed by atoms with Crippen molar-refractivity contribution in [3.63, 3.8) is 0 Å². The van der Waals surface area contributed by atoms with Crippen LogP contribution >= 0.6 is 47.8 Å². The van der Waals surface area contributed by atoms with Crippen LogP contribution in [0.25, 0.3) is 0 Å². The summed E-state index contributed by atoms with van der Waals surface area (Å²) in [6.07, 6.45) is 0. The molecule has 0 amide bonds. The predicted molar refractivity (Wildman–Crippen MR) is 88.0 cm³/mol. The van der Waals surface area contributed by atoms with Crippen LogP contribution in [0.2, 0.25) is 0 Å². The van der Waals surface area contributed by atoms with E-state index in [1.54, 1.807) is 12.1 Å². The third-order valence-corrected chi connectivity index (χ3v) is 4.56. The van der Waals surface area contributed by atoms with Gasteiger partial charge in [-0.1, -0.05) is 22.0 Å². The molecule has 2 aromatic carbocycles. The monoisotopic (exact) mass is 449 g/mol. The molecule has 1 unspecified atom stereocenters. The van der Waals surface area contributed by atoms with Gasteiger partial charge in [-0.05, 0) is 69.1 Å². The molecule has 0 fully saturated rings. The molecule has 0 radical (unpaired) electrons. The zero-order valence-corrected chi connectivity index (χ0v) is 14.8. The first-order valence-electron chi connectivity index (χ1n) is 5.64. The van der Waals surface area contributed by atoms with Crippen LogP contribution in [-0.2, 0) is 0 Å². The fourth-order valence-corrected chi connectivity index (χ4v) is 3.38. The van der Waals surface area contributed by atoms with Gasteiger partial charge in [0.15, 0.2) is 0 Å². The summed E-state index contributed by atoms with van der Waals surface area (Å²) in [6.45, 7) is 1.93. The van der Waals surface area contributed by atoms with Gasteiger partial charge < -0.3 is 5.32 Å². The van der Waals surface area contributed by atoms with Crippen LogP contribution in [0.15, 0.2) is 49.8 Å². The van der Waals surface area contributed by atoms with Crippen molar-refractivity contribution in [1.82, 2.24) is 0 Å². The first kappa shape index (κ1) is 15.0. The highest BCUT2D eigenvalue weighted by atomic mass is 79.9. The van der Waals surface area contributed by atoms with Gasteiger partial charge in [0.2, 0.25) is 0 Å². The number of hydrogen-bond acceptors (Lipinski definition) is 1. The van der Waals surface area contributed by atoms with E-state index in [1.807, 2.05) is 25.1 Å². The lowest BCUT2D eigenvalue weighted by Gasteiger charge is -2.19. The Morgan fingerprint density at radius 2 is 1.68 bits per heavy atom. The zero-order valence-electron chi connectivity index (χ0n) is 10.1. The summed E-state index contributed by atoms with van der Waals surface area (Å²) < 4.78 is 16.6. The van der Waals surface area contributed by atoms with Crippen molar-refractivity contribution < 1.29 is 4.39 Å². The molecular formula is C14H11Br3FN. The number of anilines is 1. The van der Waals surface area contributed by atoms with Crippen LogP contribution in [0, 0.1) is 5.82 Å². The van der Waals surface area contributed by atoms with E-state index in [4.69, 9.17) is 0 Å². The van der Waals surface area contributed by atoms with Crippen molar-refractivity contribution in [1.29, 1.82) is 0 Å². The van der Waals surface area contributed by atoms with Crippen LogP contribution < -0.4 is 5.32 Å². The van der Waals surface area contributed by atoms with E-state index in [2.05, 4.69) is 53.1 Å². The Balaban J connectivity index is 2.31. The maximum atomic E-state index is 13.8. The quantitative estimate of drug-likeness (QED) is 0.578. The van der Waals surface area contributed by atoms with E-state index < -0.39 is 0 Å². The Morgan fingerprint density at radius 1 is 1.05 bits per heavy atom. The highest BCUT2D eigenvalue weighted by molar-refractivity contribution is 9.11. The summed E-state index contributed by atoms with van der Waals surface area (Å²) in [7, 11) is 0. The van der Waals surface area contributed by atoms with E-state index in [0.717, 1.165) is 19.1 Å². The van der Waals surface area contributed by atoms with Gasteiger partial charge in [-0.25, -0.2) is 4.39 Å². The first-order chi connectivity index (χ1) is 8.99. The van der Waals surface area contributed by atoms with E-state index in [0.29, 0.717) is 5.56 Å². The van der Waals surface area contributed by atoms with Crippen molar-refractivity contribution in [2.24, 2.45) is 0 Å². The Labute approximate surface area is 137 Å². The van der Waals surface area contributed by atoms with Gasteiger partial charge in [0.1, 0.15) is 5.82 Å². The molecule has 2 rings (SSSR count). The molecule has 100 valence electrons. The van der Waals surface area contributed by atoms with Crippen molar-refractivity contribution in [2.75, 3.05) is 5.32 Å². The molecule has 0 aliphatic heterocycles. The van der Waals surface area contributed by atoms with Gasteiger partial charge in [-0.2, -0.15) is 0 Å². The fraction of sp³-hybridized carbons (Fsp3) is 0.143. The molecule has 0 aromatic heterocycles. The maximum Gasteiger partial charge on any atom is 0.128 e. The summed E-state index contributed by atoms with van der Waals surface area (Å²) in [5.41, 5.74) is 1.53. The lowest BCUT2D eigenvalue weighted by atomic mass is 10.1. The van der Waals surface area contributed by atoms with Crippen molar-refractivity contribution >= 4 is 53.5 Å². The lowest BCUT2D eigenvalue weighted by molar-refractivity contribution is 0.600. The van der Waals surface area contributed by atoms with Crippen LogP contribution in [0.5, 0.6) is 0 Å². The van der Waals surface area contributed by atoms with Crippen molar-refractivity contribution in [3.05, 3.63) is 61.2 Å². The summed E-state index contributed by atoms with van der Waals surface area (Å²) in [4.78, 5) is 0. The molecule has 5 heteroatoms. The fourth-order valence-electron chi connectivity index (χ4n) is 1.78. The summed E-state index contributed by atoms with van der Waals surface area (Å²) in [5, 5.41) is 3.31. The number of hydrogen-bond donors (Lipinski definition) is 1. The normalized spacial score (nSPS) is 12.3. The second-order valence-corrected chi connectivity index (χ2v) is 6.75. The second-order valence-electron chi connectivity index (χ2n) is 4.13. The number of benzene rings is 2. The first-order valence-corrected chi connectivity index (χ1v) is 8.02. The Bertz CT molecular complexity index is 581. The third kappa shape index (κ3) is 3.58. The van der Waals surface area contributed by atoms with E-state index in [9.17, 15) is 4.39 Å². The molecule has 1 N–H and O–H groups in total. The van der Waals surface area contributed by atoms with E-state index in [-0.39, 0.29) is 11.9 Å². The van der Waals surface area contributed by atoms with Crippen molar-refractivity contribution in [2.45, 2.75) is 13.0 Å². The Morgan fingerprint density at radius 3 is 2.32 bits per heavy atom. The smallest absolute Gasteiger partial charge is 0.128 e. The maximum absolute atomic E-state index is 13.8. The second kappa shape index (κ2) is 6.37. The molecule has 1 nitrogen and oxygen atoms in total. The number of rotatable bonds is 3. The summed E-state index contributed by atoms with van der Waals surface area (Å²) in [6, 6.07) is 10.6. The van der Waals surface area contributed by atoms with Crippen LogP contribution in [0.4, 0.5) is 10.1 Å². The molecule has 0 saturated carbocycles. The Hall–Kier alpha value is -0.390. The average Bonchev–Trinajstić information content (AvgIpc) is 2.37. The molecule has 2 aromatic rings. The Kier molecular flexibility index (Phi) is 5.03. The van der Waals surface area contributed by atoms with Crippen LogP contribution in [0.1, 0.15) is 18.5 Å².